The second-order valence-corrected chi connectivity index (χ2v) is 8.29. The topological polar surface area (TPSA) is 63.4 Å². The van der Waals surface area contributed by atoms with E-state index < -0.39 is 15.6 Å². The lowest BCUT2D eigenvalue weighted by Crippen LogP contribution is -2.39. The zero-order chi connectivity index (χ0) is 15.0. The minimum absolute atomic E-state index is 0.361. The zero-order valence-electron chi connectivity index (χ0n) is 12.5. The number of hydrogen-bond donors (Lipinski definition) is 1. The molecule has 4 nitrogen and oxygen atoms in total. The van der Waals surface area contributed by atoms with Gasteiger partial charge in [-0.1, -0.05) is 19.1 Å². The molecule has 2 N–H and O–H groups in total. The standard InChI is InChI=1S/C15H24N2O2S/c1-12-5-4-10-17(11-12)20(18,19)14-8-6-13(7-9-14)15(2,3)16/h6-9,12H,4-5,10-11,16H2,1-3H3/t12-/m1/s1. The molecular formula is C15H24N2O2S. The molecule has 1 heterocycles. The van der Waals surface area contributed by atoms with Crippen LogP contribution in [0.15, 0.2) is 29.2 Å². The largest absolute Gasteiger partial charge is 0.322 e. The van der Waals surface area contributed by atoms with Gasteiger partial charge in [0.05, 0.1) is 4.90 Å². The van der Waals surface area contributed by atoms with E-state index in [1.807, 2.05) is 13.8 Å². The van der Waals surface area contributed by atoms with E-state index in [-0.39, 0.29) is 0 Å². The summed E-state index contributed by atoms with van der Waals surface area (Å²) < 4.78 is 26.8. The zero-order valence-corrected chi connectivity index (χ0v) is 13.3. The van der Waals surface area contributed by atoms with Crippen LogP contribution in [0.25, 0.3) is 0 Å². The fraction of sp³-hybridized carbons (Fsp3) is 0.600. The van der Waals surface area contributed by atoms with E-state index in [0.717, 1.165) is 18.4 Å². The monoisotopic (exact) mass is 296 g/mol. The van der Waals surface area contributed by atoms with E-state index in [4.69, 9.17) is 5.73 Å². The van der Waals surface area contributed by atoms with Crippen molar-refractivity contribution in [3.63, 3.8) is 0 Å². The Bertz CT molecular complexity index is 559. The van der Waals surface area contributed by atoms with Gasteiger partial charge in [0.1, 0.15) is 0 Å². The predicted octanol–water partition coefficient (Wildman–Crippen LogP) is 2.30. The third-order valence-corrected chi connectivity index (χ3v) is 5.74. The highest BCUT2D eigenvalue weighted by Gasteiger charge is 2.28. The maximum atomic E-state index is 12.6. The van der Waals surface area contributed by atoms with Crippen molar-refractivity contribution in [1.29, 1.82) is 0 Å². The molecule has 1 atom stereocenters. The summed E-state index contributed by atoms with van der Waals surface area (Å²) in [6.07, 6.45) is 2.04. The van der Waals surface area contributed by atoms with Crippen molar-refractivity contribution >= 4 is 10.0 Å². The summed E-state index contributed by atoms with van der Waals surface area (Å²) in [4.78, 5) is 0.361. The third-order valence-electron chi connectivity index (χ3n) is 3.86. The van der Waals surface area contributed by atoms with Gasteiger partial charge in [-0.2, -0.15) is 4.31 Å². The predicted molar refractivity (Wildman–Crippen MR) is 80.8 cm³/mol. The van der Waals surface area contributed by atoms with Gasteiger partial charge in [0, 0.05) is 18.6 Å². The number of benzene rings is 1. The first-order valence-electron chi connectivity index (χ1n) is 7.11. The van der Waals surface area contributed by atoms with Crippen molar-refractivity contribution in [3.05, 3.63) is 29.8 Å². The van der Waals surface area contributed by atoms with Crippen molar-refractivity contribution in [2.45, 2.75) is 44.0 Å². The lowest BCUT2D eigenvalue weighted by Gasteiger charge is -2.30. The maximum Gasteiger partial charge on any atom is 0.243 e. The van der Waals surface area contributed by atoms with Gasteiger partial charge in [-0.3, -0.25) is 0 Å². The maximum absolute atomic E-state index is 12.6. The molecule has 0 amide bonds. The Kier molecular flexibility index (Phi) is 4.23. The minimum atomic E-state index is -3.36. The first kappa shape index (κ1) is 15.5. The van der Waals surface area contributed by atoms with Crippen LogP contribution in [0, 0.1) is 5.92 Å². The Morgan fingerprint density at radius 2 is 1.85 bits per heavy atom. The second kappa shape index (κ2) is 5.47. The van der Waals surface area contributed by atoms with Crippen LogP contribution in [0.5, 0.6) is 0 Å². The minimum Gasteiger partial charge on any atom is -0.322 e. The van der Waals surface area contributed by atoms with Crippen LogP contribution in [0.1, 0.15) is 39.2 Å². The van der Waals surface area contributed by atoms with Gasteiger partial charge in [-0.05, 0) is 50.3 Å². The summed E-state index contributed by atoms with van der Waals surface area (Å²) in [6.45, 7) is 7.15. The van der Waals surface area contributed by atoms with Crippen LogP contribution in [0.3, 0.4) is 0 Å². The fourth-order valence-electron chi connectivity index (χ4n) is 2.57. The Balaban J connectivity index is 2.26. The number of rotatable bonds is 3. The van der Waals surface area contributed by atoms with Gasteiger partial charge in [0.2, 0.25) is 10.0 Å². The van der Waals surface area contributed by atoms with Gasteiger partial charge in [-0.25, -0.2) is 8.42 Å². The second-order valence-electron chi connectivity index (χ2n) is 6.36. The molecule has 1 aliphatic rings. The summed E-state index contributed by atoms with van der Waals surface area (Å²) in [7, 11) is -3.36. The quantitative estimate of drug-likeness (QED) is 0.931. The average Bonchev–Trinajstić information content (AvgIpc) is 2.38. The molecule has 0 aromatic heterocycles. The molecule has 0 aliphatic carbocycles. The van der Waals surface area contributed by atoms with Crippen molar-refractivity contribution in [2.24, 2.45) is 11.7 Å². The highest BCUT2D eigenvalue weighted by molar-refractivity contribution is 7.89. The summed E-state index contributed by atoms with van der Waals surface area (Å²) in [5.41, 5.74) is 6.49. The van der Waals surface area contributed by atoms with E-state index in [2.05, 4.69) is 6.92 Å². The average molecular weight is 296 g/mol. The molecule has 0 unspecified atom stereocenters. The molecule has 0 radical (unpaired) electrons. The highest BCUT2D eigenvalue weighted by atomic mass is 32.2. The molecule has 0 spiro atoms. The van der Waals surface area contributed by atoms with Crippen LogP contribution in [0.2, 0.25) is 0 Å². The van der Waals surface area contributed by atoms with E-state index in [1.54, 1.807) is 28.6 Å². The van der Waals surface area contributed by atoms with Crippen molar-refractivity contribution in [2.75, 3.05) is 13.1 Å². The smallest absolute Gasteiger partial charge is 0.243 e. The molecule has 20 heavy (non-hydrogen) atoms. The molecular weight excluding hydrogens is 272 g/mol. The molecule has 5 heteroatoms. The Morgan fingerprint density at radius 3 is 2.35 bits per heavy atom. The van der Waals surface area contributed by atoms with Crippen LogP contribution < -0.4 is 5.73 Å². The number of sulfonamides is 1. The van der Waals surface area contributed by atoms with Gasteiger partial charge >= 0.3 is 0 Å². The summed E-state index contributed by atoms with van der Waals surface area (Å²) in [5, 5.41) is 0. The molecule has 2 rings (SSSR count). The Hall–Kier alpha value is -0.910. The number of hydrogen-bond acceptors (Lipinski definition) is 3. The Morgan fingerprint density at radius 1 is 1.25 bits per heavy atom. The number of nitrogens with two attached hydrogens (primary N) is 1. The van der Waals surface area contributed by atoms with Crippen LogP contribution in [0.4, 0.5) is 0 Å². The normalized spacial score (nSPS) is 21.9. The molecule has 1 saturated heterocycles. The molecule has 0 saturated carbocycles. The van der Waals surface area contributed by atoms with Crippen molar-refractivity contribution in [1.82, 2.24) is 4.31 Å². The van der Waals surface area contributed by atoms with Crippen molar-refractivity contribution < 1.29 is 8.42 Å². The summed E-state index contributed by atoms with van der Waals surface area (Å²) >= 11 is 0. The van der Waals surface area contributed by atoms with E-state index >= 15 is 0 Å². The number of nitrogens with zero attached hydrogens (tertiary/aromatic N) is 1. The summed E-state index contributed by atoms with van der Waals surface area (Å²) in [5.74, 6) is 0.431. The molecule has 1 aromatic carbocycles. The van der Waals surface area contributed by atoms with Crippen LogP contribution in [-0.2, 0) is 15.6 Å². The molecule has 1 aliphatic heterocycles. The first-order chi connectivity index (χ1) is 9.21. The third kappa shape index (κ3) is 3.22. The molecule has 0 bridgehead atoms. The lowest BCUT2D eigenvalue weighted by molar-refractivity contribution is 0.281. The molecule has 1 fully saturated rings. The van der Waals surface area contributed by atoms with Crippen LogP contribution in [-0.4, -0.2) is 25.8 Å². The van der Waals surface area contributed by atoms with Gasteiger partial charge in [0.15, 0.2) is 0 Å². The highest BCUT2D eigenvalue weighted by Crippen LogP contribution is 2.25. The molecule has 112 valence electrons. The Labute approximate surface area is 122 Å². The van der Waals surface area contributed by atoms with Gasteiger partial charge in [-0.15, -0.1) is 0 Å². The lowest BCUT2D eigenvalue weighted by atomic mass is 9.96. The van der Waals surface area contributed by atoms with E-state index in [1.165, 1.54) is 0 Å². The van der Waals surface area contributed by atoms with Gasteiger partial charge < -0.3 is 5.73 Å². The number of piperidine rings is 1. The molecule has 1 aromatic rings. The SMILES string of the molecule is C[C@@H]1CCCN(S(=O)(=O)c2ccc(C(C)(C)N)cc2)C1. The van der Waals surface area contributed by atoms with Crippen LogP contribution >= 0.6 is 0 Å². The van der Waals surface area contributed by atoms with E-state index in [9.17, 15) is 8.42 Å². The van der Waals surface area contributed by atoms with E-state index in [0.29, 0.717) is 23.9 Å². The fourth-order valence-corrected chi connectivity index (χ4v) is 4.17. The first-order valence-corrected chi connectivity index (χ1v) is 8.55. The van der Waals surface area contributed by atoms with Gasteiger partial charge in [0.25, 0.3) is 0 Å². The van der Waals surface area contributed by atoms with Crippen molar-refractivity contribution in [3.8, 4) is 0 Å². The summed E-state index contributed by atoms with van der Waals surface area (Å²) in [6, 6.07) is 6.94.